The summed E-state index contributed by atoms with van der Waals surface area (Å²) in [5, 5.41) is 27.5. The average Bonchev–Trinajstić information content (AvgIpc) is 1.81. The molecule has 0 saturated carbocycles. The summed E-state index contributed by atoms with van der Waals surface area (Å²) in [6.45, 7) is 0.878. The van der Waals surface area contributed by atoms with Crippen molar-refractivity contribution in [2.24, 2.45) is 0 Å². The van der Waals surface area contributed by atoms with Gasteiger partial charge in [-0.25, -0.2) is 0 Å². The molecule has 0 amide bonds. The maximum atomic E-state index is 10.2. The van der Waals surface area contributed by atoms with E-state index >= 15 is 0 Å². The molecule has 0 aromatic carbocycles. The Labute approximate surface area is 58.3 Å². The number of aliphatic hydroxyl groups is 2. The summed E-state index contributed by atoms with van der Waals surface area (Å²) in [4.78, 5) is 10.2. The third kappa shape index (κ3) is 2.77. The zero-order chi connectivity index (χ0) is 8.15. The van der Waals surface area contributed by atoms with Crippen LogP contribution in [0.2, 0.25) is 0 Å². The fourth-order valence-corrected chi connectivity index (χ4v) is 0.563. The normalized spacial score (nSPS) is 16.3. The maximum Gasteiger partial charge on any atom is 0.323 e. The van der Waals surface area contributed by atoms with Gasteiger partial charge in [-0.3, -0.25) is 10.1 Å². The molecule has 0 fully saturated rings. The highest BCUT2D eigenvalue weighted by Gasteiger charge is 2.21. The van der Waals surface area contributed by atoms with Gasteiger partial charge < -0.3 is 15.3 Å². The summed E-state index contributed by atoms with van der Waals surface area (Å²) >= 11 is 0. The molecule has 0 rings (SSSR count). The van der Waals surface area contributed by atoms with Crippen LogP contribution >= 0.6 is 0 Å². The molecule has 0 aromatic rings. The largest absolute Gasteiger partial charge is 0.480 e. The van der Waals surface area contributed by atoms with Gasteiger partial charge in [0.05, 0.1) is 12.8 Å². The van der Waals surface area contributed by atoms with Gasteiger partial charge in [-0.15, -0.1) is 0 Å². The smallest absolute Gasteiger partial charge is 0.323 e. The quantitative estimate of drug-likeness (QED) is 0.360. The molecule has 10 heavy (non-hydrogen) atoms. The lowest BCUT2D eigenvalue weighted by atomic mass is 10.2. The molecule has 0 spiro atoms. The third-order valence-corrected chi connectivity index (χ3v) is 1.06. The van der Waals surface area contributed by atoms with E-state index in [1.807, 2.05) is 0 Å². The van der Waals surface area contributed by atoms with Crippen LogP contribution in [0.3, 0.4) is 0 Å². The second kappa shape index (κ2) is 4.21. The van der Waals surface area contributed by atoms with E-state index in [2.05, 4.69) is 5.32 Å². The van der Waals surface area contributed by atoms with E-state index in [0.29, 0.717) is 0 Å². The van der Waals surface area contributed by atoms with Crippen molar-refractivity contribution in [3.63, 3.8) is 0 Å². The van der Waals surface area contributed by atoms with Crippen LogP contribution in [0.1, 0.15) is 6.92 Å². The summed E-state index contributed by atoms with van der Waals surface area (Å²) < 4.78 is 0. The van der Waals surface area contributed by atoms with Gasteiger partial charge in [0.2, 0.25) is 0 Å². The van der Waals surface area contributed by atoms with Gasteiger partial charge in [0, 0.05) is 0 Å². The molecule has 0 radical (unpaired) electrons. The molecule has 0 aromatic heterocycles. The monoisotopic (exact) mass is 149 g/mol. The average molecular weight is 149 g/mol. The molecular weight excluding hydrogens is 138 g/mol. The van der Waals surface area contributed by atoms with Gasteiger partial charge in [0.25, 0.3) is 0 Å². The van der Waals surface area contributed by atoms with Crippen molar-refractivity contribution in [1.82, 2.24) is 5.32 Å². The predicted molar refractivity (Wildman–Crippen MR) is 33.3 cm³/mol. The predicted octanol–water partition coefficient (Wildman–Crippen LogP) is -1.64. The fourth-order valence-electron chi connectivity index (χ4n) is 0.563. The number of carbonyl (C=O) groups is 1. The molecule has 4 N–H and O–H groups in total. The molecule has 60 valence electrons. The van der Waals surface area contributed by atoms with Crippen molar-refractivity contribution >= 4 is 5.97 Å². The molecule has 0 aliphatic heterocycles. The number of aliphatic carboxylic acids is 1. The van der Waals surface area contributed by atoms with Crippen LogP contribution in [0, 0.1) is 0 Å². The zero-order valence-electron chi connectivity index (χ0n) is 5.61. The van der Waals surface area contributed by atoms with Crippen molar-refractivity contribution in [2.45, 2.75) is 19.1 Å². The van der Waals surface area contributed by atoms with Crippen molar-refractivity contribution in [1.29, 1.82) is 0 Å². The lowest BCUT2D eigenvalue weighted by Crippen LogP contribution is -2.45. The van der Waals surface area contributed by atoms with E-state index in [9.17, 15) is 4.79 Å². The molecule has 2 unspecified atom stereocenters. The number of carboxylic acids is 1. The van der Waals surface area contributed by atoms with Gasteiger partial charge in [-0.1, -0.05) is 0 Å². The molecular formula is C5H11NO4. The third-order valence-electron chi connectivity index (χ3n) is 1.06. The van der Waals surface area contributed by atoms with Crippen molar-refractivity contribution < 1.29 is 20.1 Å². The Morgan fingerprint density at radius 1 is 1.70 bits per heavy atom. The molecule has 5 nitrogen and oxygen atoms in total. The summed E-state index contributed by atoms with van der Waals surface area (Å²) in [5.41, 5.74) is 0. The van der Waals surface area contributed by atoms with Crippen LogP contribution in [-0.2, 0) is 4.79 Å². The van der Waals surface area contributed by atoms with Crippen LogP contribution in [0.15, 0.2) is 0 Å². The molecule has 0 bridgehead atoms. The van der Waals surface area contributed by atoms with E-state index in [1.165, 1.54) is 6.92 Å². The minimum Gasteiger partial charge on any atom is -0.480 e. The second-order valence-electron chi connectivity index (χ2n) is 1.92. The minimum absolute atomic E-state index is 0.456. The highest BCUT2D eigenvalue weighted by atomic mass is 16.4. The molecule has 5 heteroatoms. The number of hydrogen-bond acceptors (Lipinski definition) is 4. The Balaban J connectivity index is 3.85. The highest BCUT2D eigenvalue weighted by Crippen LogP contribution is 1.90. The number of carboxylic acid groups (broad SMARTS) is 1. The molecule has 2 atom stereocenters. The molecule has 0 aliphatic carbocycles. The van der Waals surface area contributed by atoms with Crippen LogP contribution in [0.5, 0.6) is 0 Å². The number of nitrogens with one attached hydrogen (secondary N) is 1. The van der Waals surface area contributed by atoms with Gasteiger partial charge >= 0.3 is 5.97 Å². The van der Waals surface area contributed by atoms with Crippen molar-refractivity contribution in [2.75, 3.05) is 6.73 Å². The van der Waals surface area contributed by atoms with E-state index in [-0.39, 0.29) is 0 Å². The number of rotatable bonds is 4. The first kappa shape index (κ1) is 9.35. The summed E-state index contributed by atoms with van der Waals surface area (Å²) in [5.74, 6) is -1.18. The lowest BCUT2D eigenvalue weighted by molar-refractivity contribution is -0.142. The zero-order valence-corrected chi connectivity index (χ0v) is 5.61. The Morgan fingerprint density at radius 3 is 2.30 bits per heavy atom. The van der Waals surface area contributed by atoms with Crippen molar-refractivity contribution in [3.05, 3.63) is 0 Å². The highest BCUT2D eigenvalue weighted by molar-refractivity contribution is 5.74. The standard InChI is InChI=1S/C5H11NO4/c1-3(8)4(5(9)10)6-2-7/h3-4,6-8H,2H2,1H3,(H,9,10). The first-order valence-corrected chi connectivity index (χ1v) is 2.84. The Kier molecular flexibility index (Phi) is 3.94. The Hall–Kier alpha value is -0.650. The number of aliphatic hydroxyl groups excluding tert-OH is 2. The number of hydrogen-bond donors (Lipinski definition) is 4. The Bertz CT molecular complexity index is 114. The molecule has 0 heterocycles. The van der Waals surface area contributed by atoms with E-state index in [1.54, 1.807) is 0 Å². The molecule has 0 saturated heterocycles. The van der Waals surface area contributed by atoms with Crippen LogP contribution in [-0.4, -0.2) is 40.2 Å². The van der Waals surface area contributed by atoms with Crippen LogP contribution in [0.4, 0.5) is 0 Å². The fraction of sp³-hybridized carbons (Fsp3) is 0.800. The first-order chi connectivity index (χ1) is 4.59. The molecule has 0 aliphatic rings. The minimum atomic E-state index is -1.18. The summed E-state index contributed by atoms with van der Waals surface area (Å²) in [6.07, 6.45) is -1.01. The summed E-state index contributed by atoms with van der Waals surface area (Å²) in [6, 6.07) is -1.09. The van der Waals surface area contributed by atoms with Crippen LogP contribution in [0.25, 0.3) is 0 Å². The van der Waals surface area contributed by atoms with Gasteiger partial charge in [-0.2, -0.15) is 0 Å². The summed E-state index contributed by atoms with van der Waals surface area (Å²) in [7, 11) is 0. The van der Waals surface area contributed by atoms with Gasteiger partial charge in [-0.05, 0) is 6.92 Å². The van der Waals surface area contributed by atoms with Gasteiger partial charge in [0.1, 0.15) is 6.04 Å². The second-order valence-corrected chi connectivity index (χ2v) is 1.92. The van der Waals surface area contributed by atoms with Crippen molar-refractivity contribution in [3.8, 4) is 0 Å². The Morgan fingerprint density at radius 2 is 2.20 bits per heavy atom. The van der Waals surface area contributed by atoms with E-state index in [0.717, 1.165) is 0 Å². The van der Waals surface area contributed by atoms with E-state index in [4.69, 9.17) is 15.3 Å². The maximum absolute atomic E-state index is 10.2. The van der Waals surface area contributed by atoms with Crippen LogP contribution < -0.4 is 5.32 Å². The lowest BCUT2D eigenvalue weighted by Gasteiger charge is -2.14. The SMILES string of the molecule is CC(O)C(NCO)C(=O)O. The van der Waals surface area contributed by atoms with Gasteiger partial charge in [0.15, 0.2) is 0 Å². The van der Waals surface area contributed by atoms with E-state index < -0.39 is 24.8 Å². The first-order valence-electron chi connectivity index (χ1n) is 2.84. The topological polar surface area (TPSA) is 89.8 Å².